The van der Waals surface area contributed by atoms with E-state index in [1.165, 1.54) is 50.6 Å². The van der Waals surface area contributed by atoms with E-state index in [1.807, 2.05) is 17.0 Å². The highest BCUT2D eigenvalue weighted by Crippen LogP contribution is 2.40. The maximum atomic E-state index is 13.8. The van der Waals surface area contributed by atoms with Gasteiger partial charge in [-0.25, -0.2) is 9.97 Å². The van der Waals surface area contributed by atoms with Crippen molar-refractivity contribution in [2.24, 2.45) is 24.6 Å². The summed E-state index contributed by atoms with van der Waals surface area (Å²) in [5.74, 6) is 3.25. The largest absolute Gasteiger partial charge is 0.494 e. The van der Waals surface area contributed by atoms with Gasteiger partial charge in [-0.3, -0.25) is 4.79 Å². The topological polar surface area (TPSA) is 91.2 Å². The quantitative estimate of drug-likeness (QED) is 0.297. The molecule has 8 nitrogen and oxygen atoms in total. The molecule has 0 radical (unpaired) electrons. The minimum absolute atomic E-state index is 0. The van der Waals surface area contributed by atoms with Gasteiger partial charge in [-0.15, -0.1) is 0 Å². The van der Waals surface area contributed by atoms with Crippen LogP contribution in [0, 0.1) is 11.8 Å². The van der Waals surface area contributed by atoms with Gasteiger partial charge >= 0.3 is 0 Å². The first-order valence-corrected chi connectivity index (χ1v) is 16.1. The van der Waals surface area contributed by atoms with Crippen LogP contribution in [-0.4, -0.2) is 55.6 Å². The van der Waals surface area contributed by atoms with Crippen molar-refractivity contribution in [1.29, 1.82) is 0 Å². The molecule has 1 aliphatic heterocycles. The number of carbonyl (C=O) groups excluding carboxylic acids is 1. The molecular formula is C34H44N6O2. The number of likely N-dealkylation sites (tertiary alicyclic amines) is 1. The van der Waals surface area contributed by atoms with Crippen molar-refractivity contribution in [3.8, 4) is 17.3 Å². The van der Waals surface area contributed by atoms with Gasteiger partial charge in [-0.2, -0.15) is 0 Å². The van der Waals surface area contributed by atoms with Gasteiger partial charge in [0.2, 0.25) is 0 Å². The van der Waals surface area contributed by atoms with Gasteiger partial charge in [0.1, 0.15) is 16.9 Å². The predicted molar refractivity (Wildman–Crippen MR) is 167 cm³/mol. The number of aromatic nitrogens is 4. The summed E-state index contributed by atoms with van der Waals surface area (Å²) in [7, 11) is 3.73. The molecule has 1 unspecified atom stereocenters. The van der Waals surface area contributed by atoms with Gasteiger partial charge in [0, 0.05) is 56.2 Å². The summed E-state index contributed by atoms with van der Waals surface area (Å²) in [6.45, 7) is 1.71. The van der Waals surface area contributed by atoms with Crippen molar-refractivity contribution in [3.63, 3.8) is 0 Å². The van der Waals surface area contributed by atoms with Crippen molar-refractivity contribution < 1.29 is 11.0 Å². The van der Waals surface area contributed by atoms with Crippen LogP contribution >= 0.6 is 0 Å². The lowest BCUT2D eigenvalue weighted by atomic mass is 9.86. The number of hydrogen-bond donors (Lipinski definition) is 1. The predicted octanol–water partition coefficient (Wildman–Crippen LogP) is 6.25. The number of hydrogen-bond acceptors (Lipinski definition) is 5. The van der Waals surface area contributed by atoms with Crippen LogP contribution in [0.2, 0.25) is 0 Å². The van der Waals surface area contributed by atoms with Crippen LogP contribution in [0.5, 0.6) is 5.75 Å². The van der Waals surface area contributed by atoms with E-state index in [1.54, 1.807) is 7.11 Å². The van der Waals surface area contributed by atoms with Crippen LogP contribution in [-0.2, 0) is 13.6 Å². The van der Waals surface area contributed by atoms with Crippen molar-refractivity contribution >= 4 is 28.0 Å². The number of carbonyl (C=O) groups is 1. The smallest absolute Gasteiger partial charge is 0.254 e. The number of ether oxygens (including phenoxy) is 1. The van der Waals surface area contributed by atoms with Crippen molar-refractivity contribution in [1.82, 2.24) is 24.0 Å². The second-order valence-corrected chi connectivity index (χ2v) is 13.4. The van der Waals surface area contributed by atoms with Crippen molar-refractivity contribution in [3.05, 3.63) is 41.6 Å². The first-order valence-electron chi connectivity index (χ1n) is 16.1. The Bertz CT molecular complexity index is 1680. The Morgan fingerprint density at radius 2 is 1.86 bits per heavy atom. The highest BCUT2D eigenvalue weighted by molar-refractivity contribution is 6.00. The van der Waals surface area contributed by atoms with Crippen LogP contribution in [0.25, 0.3) is 33.6 Å². The summed E-state index contributed by atoms with van der Waals surface area (Å²) in [5, 5.41) is 1.16. The number of rotatable bonds is 6. The maximum Gasteiger partial charge on any atom is 0.254 e. The number of imidazole rings is 1. The molecule has 1 saturated heterocycles. The average molecular weight is 569 g/mol. The van der Waals surface area contributed by atoms with Crippen molar-refractivity contribution in [2.75, 3.05) is 13.7 Å². The number of aryl methyl sites for hydroxylation is 1. The van der Waals surface area contributed by atoms with E-state index >= 15 is 0 Å². The molecule has 3 atom stereocenters. The monoisotopic (exact) mass is 568 g/mol. The van der Waals surface area contributed by atoms with Gasteiger partial charge in [0.15, 0.2) is 5.82 Å². The number of nitrogens with two attached hydrogens (primary N) is 1. The van der Waals surface area contributed by atoms with Gasteiger partial charge in [0.05, 0.1) is 18.3 Å². The lowest BCUT2D eigenvalue weighted by Crippen LogP contribution is -2.44. The minimum atomic E-state index is 0. The second-order valence-electron chi connectivity index (χ2n) is 13.4. The standard InChI is InChI=1S/C34H42N6O2.H2/c1-38-31-26(15-24(17-29(31)42-2)34(41)40-19-23-9-6-10-27(40)30(23)35)37-33(38)28-16-22-13-14-25(21-7-4-3-5-8-21)36-32(22)39(28)18-20-11-12-20;/h13-17,20-21,23,27,30H,3-12,18-19,35H2,1-2H3;1H/t23-,27-,30?;/m1./s1. The van der Waals surface area contributed by atoms with Crippen LogP contribution in [0.4, 0.5) is 0 Å². The number of methoxy groups -OCH3 is 1. The Kier molecular flexibility index (Phi) is 6.32. The maximum absolute atomic E-state index is 13.8. The SMILES string of the molecule is COc1cc(C(=O)N2C[C@H]3CCC[C@@H]2C3N)cc2nc(-c3cc4ccc(C5CCCCC5)nc4n3CC3CC3)n(C)c12.[HH]. The number of benzene rings is 1. The third kappa shape index (κ3) is 4.24. The molecule has 222 valence electrons. The van der Waals surface area contributed by atoms with E-state index in [-0.39, 0.29) is 19.4 Å². The number of fused-ring (bicyclic) bond motifs is 4. The first-order chi connectivity index (χ1) is 20.5. The van der Waals surface area contributed by atoms with Gasteiger partial charge in [-0.05, 0) is 80.7 Å². The van der Waals surface area contributed by atoms with Crippen LogP contribution in [0.1, 0.15) is 87.6 Å². The second kappa shape index (κ2) is 10.1. The van der Waals surface area contributed by atoms with Crippen LogP contribution in [0.15, 0.2) is 30.3 Å². The third-order valence-electron chi connectivity index (χ3n) is 10.7. The van der Waals surface area contributed by atoms with E-state index in [2.05, 4.69) is 34.4 Å². The summed E-state index contributed by atoms with van der Waals surface area (Å²) in [6, 6.07) is 10.8. The molecule has 4 aromatic rings. The van der Waals surface area contributed by atoms with Gasteiger partial charge < -0.3 is 24.5 Å². The van der Waals surface area contributed by atoms with Crippen molar-refractivity contribution in [2.45, 2.75) is 88.8 Å². The molecule has 3 aromatic heterocycles. The number of pyridine rings is 1. The Morgan fingerprint density at radius 3 is 2.62 bits per heavy atom. The van der Waals surface area contributed by atoms with Gasteiger partial charge in [-0.1, -0.05) is 25.7 Å². The van der Waals surface area contributed by atoms with E-state index < -0.39 is 0 Å². The average Bonchev–Trinajstić information content (AvgIpc) is 3.66. The molecule has 3 saturated carbocycles. The zero-order valence-electron chi connectivity index (χ0n) is 24.9. The highest BCUT2D eigenvalue weighted by atomic mass is 16.5. The van der Waals surface area contributed by atoms with E-state index in [0.29, 0.717) is 29.1 Å². The molecule has 1 amide bonds. The molecule has 2 bridgehead atoms. The molecule has 4 aliphatic rings. The Labute approximate surface area is 248 Å². The lowest BCUT2D eigenvalue weighted by molar-refractivity contribution is 0.0726. The lowest BCUT2D eigenvalue weighted by Gasteiger charge is -2.29. The molecule has 1 aromatic carbocycles. The minimum Gasteiger partial charge on any atom is -0.494 e. The highest BCUT2D eigenvalue weighted by Gasteiger charge is 2.44. The van der Waals surface area contributed by atoms with Crippen LogP contribution < -0.4 is 10.5 Å². The summed E-state index contributed by atoms with van der Waals surface area (Å²) in [5.41, 5.74) is 12.2. The molecule has 8 heteroatoms. The fourth-order valence-corrected chi connectivity index (χ4v) is 8.17. The van der Waals surface area contributed by atoms with E-state index in [4.69, 9.17) is 20.4 Å². The summed E-state index contributed by atoms with van der Waals surface area (Å²) in [4.78, 5) is 26.3. The molecule has 0 spiro atoms. The number of amides is 1. The fourth-order valence-electron chi connectivity index (χ4n) is 8.17. The molecule has 42 heavy (non-hydrogen) atoms. The third-order valence-corrected chi connectivity index (χ3v) is 10.7. The molecular weight excluding hydrogens is 524 g/mol. The zero-order valence-corrected chi connectivity index (χ0v) is 24.9. The summed E-state index contributed by atoms with van der Waals surface area (Å²) in [6.07, 6.45) is 12.2. The first kappa shape index (κ1) is 26.3. The molecule has 3 aliphatic carbocycles. The van der Waals surface area contributed by atoms with Gasteiger partial charge in [0.25, 0.3) is 5.91 Å². The number of nitrogens with zero attached hydrogens (tertiary/aromatic N) is 5. The molecule has 4 heterocycles. The zero-order chi connectivity index (χ0) is 28.5. The Balaban J connectivity index is 0.00000300. The van der Waals surface area contributed by atoms with Crippen LogP contribution in [0.3, 0.4) is 0 Å². The molecule has 4 fully saturated rings. The molecule has 2 N–H and O–H groups in total. The fraction of sp³-hybridized carbons (Fsp3) is 0.559. The summed E-state index contributed by atoms with van der Waals surface area (Å²) >= 11 is 0. The summed E-state index contributed by atoms with van der Waals surface area (Å²) < 4.78 is 10.4. The van der Waals surface area contributed by atoms with E-state index in [0.717, 1.165) is 65.9 Å². The Morgan fingerprint density at radius 1 is 1.02 bits per heavy atom. The normalized spacial score (nSPS) is 24.6. The molecule has 8 rings (SSSR count). The Hall–Kier alpha value is -3.39. The van der Waals surface area contributed by atoms with E-state index in [9.17, 15) is 4.79 Å².